The number of benzodiazepines with no additional fused rings is 1. The highest BCUT2D eigenvalue weighted by Crippen LogP contribution is 2.40. The van der Waals surface area contributed by atoms with Gasteiger partial charge in [0.05, 0.1) is 18.3 Å². The molecule has 4 rings (SSSR count). The minimum atomic E-state index is -1.29. The van der Waals surface area contributed by atoms with Gasteiger partial charge in [-0.15, -0.1) is 0 Å². The van der Waals surface area contributed by atoms with Gasteiger partial charge < -0.3 is 0 Å². The standard InChI is InChI=1S/C22H18F2N3O/c1-27(19-13-7-5-11-17(19)24)18-12-6-3-9-15(18)20(26-21(25)22(27)28)14-8-2-4-10-16(14)23/h2-13,21H,25H2,1H3/q+1. The predicted octanol–water partition coefficient (Wildman–Crippen LogP) is 3.90. The van der Waals surface area contributed by atoms with Gasteiger partial charge in [-0.1, -0.05) is 36.4 Å². The van der Waals surface area contributed by atoms with Crippen LogP contribution in [0.3, 0.4) is 0 Å². The van der Waals surface area contributed by atoms with E-state index in [1.807, 2.05) is 0 Å². The Kier molecular flexibility index (Phi) is 4.37. The molecule has 1 aliphatic rings. The first-order valence-electron chi connectivity index (χ1n) is 8.79. The Morgan fingerprint density at radius 1 is 0.821 bits per heavy atom. The molecular weight excluding hydrogens is 360 g/mol. The molecule has 2 N–H and O–H groups in total. The summed E-state index contributed by atoms with van der Waals surface area (Å²) < 4.78 is 28.7. The molecule has 0 aromatic heterocycles. The molecule has 6 heteroatoms. The lowest BCUT2D eigenvalue weighted by molar-refractivity contribution is -0.127. The summed E-state index contributed by atoms with van der Waals surface area (Å²) in [4.78, 5) is 17.7. The van der Waals surface area contributed by atoms with Gasteiger partial charge in [0, 0.05) is 17.7 Å². The molecule has 1 heterocycles. The topological polar surface area (TPSA) is 55.5 Å². The van der Waals surface area contributed by atoms with Crippen LogP contribution in [0.15, 0.2) is 77.8 Å². The number of amides is 1. The third-order valence-corrected chi connectivity index (χ3v) is 5.07. The second kappa shape index (κ2) is 6.74. The van der Waals surface area contributed by atoms with E-state index in [1.165, 1.54) is 12.1 Å². The van der Waals surface area contributed by atoms with E-state index in [-0.39, 0.29) is 17.0 Å². The third-order valence-electron chi connectivity index (χ3n) is 5.07. The molecule has 0 saturated heterocycles. The van der Waals surface area contributed by atoms with Crippen molar-refractivity contribution in [3.8, 4) is 0 Å². The largest absolute Gasteiger partial charge is 0.362 e. The van der Waals surface area contributed by atoms with Gasteiger partial charge in [-0.25, -0.2) is 13.6 Å². The number of likely N-dealkylation sites (N-methyl/N-ethyl adjacent to an activating group) is 1. The molecular formula is C22H18F2N3O+. The number of carbonyl (C=O) groups excluding carboxylic acids is 1. The second-order valence-electron chi connectivity index (χ2n) is 6.72. The van der Waals surface area contributed by atoms with Crippen molar-refractivity contribution in [3.63, 3.8) is 0 Å². The summed E-state index contributed by atoms with van der Waals surface area (Å²) in [5, 5.41) is 0. The van der Waals surface area contributed by atoms with Gasteiger partial charge in [0.15, 0.2) is 17.2 Å². The van der Waals surface area contributed by atoms with E-state index >= 15 is 0 Å². The third kappa shape index (κ3) is 2.66. The Morgan fingerprint density at radius 3 is 2.00 bits per heavy atom. The average Bonchev–Trinajstić information content (AvgIpc) is 2.79. The van der Waals surface area contributed by atoms with Crippen molar-refractivity contribution < 1.29 is 13.6 Å². The maximum atomic E-state index is 14.7. The summed E-state index contributed by atoms with van der Waals surface area (Å²) >= 11 is 0. The van der Waals surface area contributed by atoms with E-state index in [2.05, 4.69) is 4.99 Å². The Hall–Kier alpha value is -3.22. The van der Waals surface area contributed by atoms with Crippen molar-refractivity contribution in [2.45, 2.75) is 6.17 Å². The number of hydrogen-bond donors (Lipinski definition) is 1. The van der Waals surface area contributed by atoms with Crippen molar-refractivity contribution in [1.29, 1.82) is 0 Å². The quantitative estimate of drug-likeness (QED) is 0.688. The Morgan fingerprint density at radius 2 is 1.36 bits per heavy atom. The van der Waals surface area contributed by atoms with Crippen LogP contribution >= 0.6 is 0 Å². The number of carbonyl (C=O) groups is 1. The maximum absolute atomic E-state index is 14.7. The van der Waals surface area contributed by atoms with Crippen LogP contribution in [0.5, 0.6) is 0 Å². The second-order valence-corrected chi connectivity index (χ2v) is 6.72. The van der Waals surface area contributed by atoms with Crippen LogP contribution in [0.2, 0.25) is 0 Å². The zero-order valence-electron chi connectivity index (χ0n) is 15.1. The fraction of sp³-hybridized carbons (Fsp3) is 0.0909. The Bertz CT molecular complexity index is 1110. The number of benzene rings is 3. The molecule has 0 aliphatic carbocycles. The van der Waals surface area contributed by atoms with Gasteiger partial charge in [-0.2, -0.15) is 4.48 Å². The molecule has 140 valence electrons. The van der Waals surface area contributed by atoms with Crippen molar-refractivity contribution in [1.82, 2.24) is 4.48 Å². The first-order chi connectivity index (χ1) is 13.4. The number of nitrogens with zero attached hydrogens (tertiary/aromatic N) is 2. The van der Waals surface area contributed by atoms with Crippen LogP contribution < -0.4 is 10.2 Å². The van der Waals surface area contributed by atoms with Gasteiger partial charge in [-0.3, -0.25) is 10.7 Å². The number of hydrogen-bond acceptors (Lipinski definition) is 3. The molecule has 2 unspecified atom stereocenters. The fourth-order valence-corrected chi connectivity index (χ4v) is 3.64. The lowest BCUT2D eigenvalue weighted by atomic mass is 9.98. The summed E-state index contributed by atoms with van der Waals surface area (Å²) in [6.45, 7) is 0. The SMILES string of the molecule is C[N+]1(c2ccccc2F)C(=O)C(N)N=C(c2ccccc2F)c2ccccc21. The van der Waals surface area contributed by atoms with Crippen LogP contribution in [-0.2, 0) is 4.79 Å². The molecule has 0 saturated carbocycles. The Balaban J connectivity index is 2.05. The smallest absolute Gasteiger partial charge is 0.298 e. The zero-order chi connectivity index (χ0) is 19.9. The fourth-order valence-electron chi connectivity index (χ4n) is 3.64. The van der Waals surface area contributed by atoms with Crippen molar-refractivity contribution in [3.05, 3.63) is 95.6 Å². The molecule has 0 spiro atoms. The maximum Gasteiger partial charge on any atom is 0.362 e. The van der Waals surface area contributed by atoms with Gasteiger partial charge >= 0.3 is 5.91 Å². The van der Waals surface area contributed by atoms with Crippen molar-refractivity contribution >= 4 is 23.0 Å². The molecule has 0 radical (unpaired) electrons. The summed E-state index contributed by atoms with van der Waals surface area (Å²) in [7, 11) is 1.58. The number of para-hydroxylation sites is 2. The summed E-state index contributed by atoms with van der Waals surface area (Å²) in [5.41, 5.74) is 7.77. The van der Waals surface area contributed by atoms with Crippen molar-refractivity contribution in [2.24, 2.45) is 10.7 Å². The van der Waals surface area contributed by atoms with E-state index < -0.39 is 28.2 Å². The van der Waals surface area contributed by atoms with Gasteiger partial charge in [-0.05, 0) is 24.3 Å². The molecule has 0 fully saturated rings. The van der Waals surface area contributed by atoms with E-state index in [0.717, 1.165) is 0 Å². The molecule has 2 atom stereocenters. The molecule has 3 aromatic rings. The van der Waals surface area contributed by atoms with Crippen LogP contribution in [0.25, 0.3) is 0 Å². The normalized spacial score (nSPS) is 21.6. The minimum Gasteiger partial charge on any atom is -0.298 e. The zero-order valence-corrected chi connectivity index (χ0v) is 15.1. The number of rotatable bonds is 2. The molecule has 1 amide bonds. The van der Waals surface area contributed by atoms with E-state index in [1.54, 1.807) is 67.7 Å². The molecule has 4 nitrogen and oxygen atoms in total. The highest BCUT2D eigenvalue weighted by molar-refractivity contribution is 6.20. The van der Waals surface area contributed by atoms with E-state index in [9.17, 15) is 13.6 Å². The number of aliphatic imine (C=N–C) groups is 1. The van der Waals surface area contributed by atoms with Crippen LogP contribution in [-0.4, -0.2) is 24.8 Å². The number of fused-ring (bicyclic) bond motifs is 1. The molecule has 3 aromatic carbocycles. The van der Waals surface area contributed by atoms with Crippen LogP contribution in [0.1, 0.15) is 11.1 Å². The molecule has 0 bridgehead atoms. The lowest BCUT2D eigenvalue weighted by Crippen LogP contribution is -2.53. The van der Waals surface area contributed by atoms with E-state index in [0.29, 0.717) is 11.3 Å². The van der Waals surface area contributed by atoms with Crippen molar-refractivity contribution in [2.75, 3.05) is 7.05 Å². The average molecular weight is 378 g/mol. The van der Waals surface area contributed by atoms with Crippen LogP contribution in [0, 0.1) is 11.6 Å². The number of quaternary nitrogens is 1. The van der Waals surface area contributed by atoms with Gasteiger partial charge in [0.2, 0.25) is 6.17 Å². The minimum absolute atomic E-state index is 0.153. The first-order valence-corrected chi connectivity index (χ1v) is 8.79. The number of halogens is 2. The monoisotopic (exact) mass is 378 g/mol. The van der Waals surface area contributed by atoms with Crippen LogP contribution in [0.4, 0.5) is 20.2 Å². The van der Waals surface area contributed by atoms with Gasteiger partial charge in [0.1, 0.15) is 5.82 Å². The number of nitrogens with two attached hydrogens (primary N) is 1. The van der Waals surface area contributed by atoms with Gasteiger partial charge in [0.25, 0.3) is 0 Å². The Labute approximate surface area is 161 Å². The highest BCUT2D eigenvalue weighted by Gasteiger charge is 2.46. The summed E-state index contributed by atoms with van der Waals surface area (Å²) in [5.74, 6) is -1.52. The lowest BCUT2D eigenvalue weighted by Gasteiger charge is -2.31. The van der Waals surface area contributed by atoms with E-state index in [4.69, 9.17) is 5.73 Å². The first kappa shape index (κ1) is 18.2. The molecule has 1 aliphatic heterocycles. The summed E-state index contributed by atoms with van der Waals surface area (Å²) in [6.07, 6.45) is -1.29. The highest BCUT2D eigenvalue weighted by atomic mass is 19.1. The molecule has 28 heavy (non-hydrogen) atoms. The predicted molar refractivity (Wildman–Crippen MR) is 105 cm³/mol. The summed E-state index contributed by atoms with van der Waals surface area (Å²) in [6, 6.07) is 19.2.